The van der Waals surface area contributed by atoms with Crippen molar-refractivity contribution in [2.45, 2.75) is 75.3 Å². The normalized spacial score (nSPS) is 26.3. The Kier molecular flexibility index (Phi) is 14.4. The number of rotatable bonds is 16. The van der Waals surface area contributed by atoms with Gasteiger partial charge in [-0.1, -0.05) is 122 Å². The molecule has 14 heteroatoms. The number of hydrogen-bond acceptors (Lipinski definition) is 13. The molecule has 64 heavy (non-hydrogen) atoms. The van der Waals surface area contributed by atoms with E-state index in [1.54, 1.807) is 95.9 Å². The van der Waals surface area contributed by atoms with Crippen molar-refractivity contribution in [2.24, 2.45) is 5.92 Å². The Balaban J connectivity index is 1.18. The van der Waals surface area contributed by atoms with Gasteiger partial charge in [-0.2, -0.15) is 0 Å². The lowest BCUT2D eigenvalue weighted by molar-refractivity contribution is -0.340. The highest BCUT2D eigenvalue weighted by molar-refractivity contribution is 5.91. The fourth-order valence-corrected chi connectivity index (χ4v) is 8.11. The summed E-state index contributed by atoms with van der Waals surface area (Å²) >= 11 is 0. The van der Waals surface area contributed by atoms with Crippen molar-refractivity contribution in [3.8, 4) is 0 Å². The number of esters is 3. The van der Waals surface area contributed by atoms with Crippen LogP contribution in [0.5, 0.6) is 0 Å². The molecule has 0 saturated carbocycles. The molecule has 3 aliphatic heterocycles. The zero-order chi connectivity index (χ0) is 44.4. The summed E-state index contributed by atoms with van der Waals surface area (Å²) in [6.45, 7) is 2.04. The highest BCUT2D eigenvalue weighted by Gasteiger charge is 2.59. The second kappa shape index (κ2) is 20.8. The zero-order valence-electron chi connectivity index (χ0n) is 35.3. The maximum Gasteiger partial charge on any atom is 0.410 e. The standard InChI is InChI=1S/C50H49NO13/c1-32-38(30-57-29-34-20-10-4-11-21-34)59-48(40-41(32)64-50(55)51(40)28-33-18-8-3-9-19-33)63-42-39(31-58-45(52)35-22-12-5-13-23-35)60-49(56-2)44(62-47(54)37-26-16-7-17-27-37)43(42)61-46(53)36-24-14-6-15-25-36/h3-27,32,38-44,48-49H,28-31H2,1-2H3/t32-,38?,39?,40?,41-,42-,43-,44?,48-,49+/m0/s1. The molecule has 4 unspecified atom stereocenters. The van der Waals surface area contributed by atoms with E-state index in [9.17, 15) is 19.2 Å². The summed E-state index contributed by atoms with van der Waals surface area (Å²) in [6, 6.07) is 43.2. The Morgan fingerprint density at radius 2 is 1.08 bits per heavy atom. The van der Waals surface area contributed by atoms with Crippen molar-refractivity contribution >= 4 is 24.0 Å². The highest BCUT2D eigenvalue weighted by Crippen LogP contribution is 2.40. The molecule has 0 N–H and O–H groups in total. The van der Waals surface area contributed by atoms with E-state index < -0.39 is 85.9 Å². The van der Waals surface area contributed by atoms with Crippen LogP contribution in [0.1, 0.15) is 49.1 Å². The van der Waals surface area contributed by atoms with Gasteiger partial charge in [-0.15, -0.1) is 0 Å². The predicted octanol–water partition coefficient (Wildman–Crippen LogP) is 7.02. The van der Waals surface area contributed by atoms with Gasteiger partial charge in [0.15, 0.2) is 24.8 Å². The van der Waals surface area contributed by atoms with E-state index in [-0.39, 0.29) is 35.8 Å². The van der Waals surface area contributed by atoms with Gasteiger partial charge in [-0.25, -0.2) is 19.2 Å². The van der Waals surface area contributed by atoms with Crippen LogP contribution in [-0.2, 0) is 55.8 Å². The van der Waals surface area contributed by atoms with Crippen molar-refractivity contribution in [2.75, 3.05) is 20.3 Å². The average molecular weight is 872 g/mol. The molecule has 0 spiro atoms. The van der Waals surface area contributed by atoms with Crippen molar-refractivity contribution < 1.29 is 61.8 Å². The molecule has 1 amide bonds. The topological polar surface area (TPSA) is 155 Å². The minimum absolute atomic E-state index is 0.101. The molecule has 14 nitrogen and oxygen atoms in total. The SMILES string of the molecule is CO[C@@H]1OC(COC(=O)c2ccccc2)[C@H](O[C@@H]2OC(COCc3ccccc3)[C@H](C)[C@@H]3OC(=O)N(Cc4ccccc4)C23)[C@H](OC(=O)c2ccccc2)C1OC(=O)c1ccccc1. The van der Waals surface area contributed by atoms with Crippen LogP contribution < -0.4 is 0 Å². The number of carbonyl (C=O) groups is 4. The van der Waals surface area contributed by atoms with E-state index in [4.69, 9.17) is 42.6 Å². The minimum Gasteiger partial charge on any atom is -0.459 e. The monoisotopic (exact) mass is 871 g/mol. The van der Waals surface area contributed by atoms with Gasteiger partial charge in [0.25, 0.3) is 0 Å². The molecule has 5 aromatic carbocycles. The molecule has 0 bridgehead atoms. The van der Waals surface area contributed by atoms with Crippen molar-refractivity contribution in [3.05, 3.63) is 179 Å². The molecular weight excluding hydrogens is 823 g/mol. The van der Waals surface area contributed by atoms with Crippen LogP contribution in [0.15, 0.2) is 152 Å². The van der Waals surface area contributed by atoms with E-state index >= 15 is 0 Å². The summed E-state index contributed by atoms with van der Waals surface area (Å²) < 4.78 is 56.7. The fraction of sp³-hybridized carbons (Fsp3) is 0.320. The van der Waals surface area contributed by atoms with Gasteiger partial charge in [0.05, 0.1) is 36.0 Å². The number of fused-ring (bicyclic) bond motifs is 1. The van der Waals surface area contributed by atoms with Gasteiger partial charge in [0.2, 0.25) is 0 Å². The molecule has 3 fully saturated rings. The molecule has 3 heterocycles. The van der Waals surface area contributed by atoms with Gasteiger partial charge in [0.1, 0.15) is 31.0 Å². The molecular formula is C50H49NO13. The third-order valence-corrected chi connectivity index (χ3v) is 11.5. The number of amides is 1. The Bertz CT molecular complexity index is 2300. The summed E-state index contributed by atoms with van der Waals surface area (Å²) in [6.07, 6.45) is -10.2. The number of benzene rings is 5. The maximum atomic E-state index is 14.1. The van der Waals surface area contributed by atoms with Crippen molar-refractivity contribution in [1.29, 1.82) is 0 Å². The van der Waals surface area contributed by atoms with Gasteiger partial charge in [-0.3, -0.25) is 4.90 Å². The lowest BCUT2D eigenvalue weighted by Gasteiger charge is -2.48. The third kappa shape index (κ3) is 10.3. The first-order chi connectivity index (χ1) is 31.3. The smallest absolute Gasteiger partial charge is 0.410 e. The predicted molar refractivity (Wildman–Crippen MR) is 229 cm³/mol. The van der Waals surface area contributed by atoms with E-state index in [2.05, 4.69) is 0 Å². The number of ether oxygens (including phenoxy) is 9. The summed E-state index contributed by atoms with van der Waals surface area (Å²) in [5, 5.41) is 0. The van der Waals surface area contributed by atoms with Crippen LogP contribution in [0.4, 0.5) is 4.79 Å². The first kappa shape index (κ1) is 44.2. The molecule has 8 rings (SSSR count). The second-order valence-corrected chi connectivity index (χ2v) is 15.7. The quantitative estimate of drug-likeness (QED) is 0.0738. The number of carbonyl (C=O) groups excluding carboxylic acids is 4. The number of nitrogens with zero attached hydrogens (tertiary/aromatic N) is 1. The van der Waals surface area contributed by atoms with E-state index in [1.165, 1.54) is 7.11 Å². The average Bonchev–Trinajstić information content (AvgIpc) is 3.67. The Morgan fingerprint density at radius 3 is 1.64 bits per heavy atom. The molecule has 10 atom stereocenters. The Hall–Kier alpha value is -6.42. The van der Waals surface area contributed by atoms with E-state index in [0.29, 0.717) is 6.61 Å². The zero-order valence-corrected chi connectivity index (χ0v) is 35.3. The van der Waals surface area contributed by atoms with Crippen LogP contribution in [0.3, 0.4) is 0 Å². The van der Waals surface area contributed by atoms with Crippen LogP contribution in [0, 0.1) is 5.92 Å². The maximum absolute atomic E-state index is 14.1. The van der Waals surface area contributed by atoms with Gasteiger partial charge < -0.3 is 42.6 Å². The summed E-state index contributed by atoms with van der Waals surface area (Å²) in [4.78, 5) is 56.8. The van der Waals surface area contributed by atoms with Crippen LogP contribution >= 0.6 is 0 Å². The largest absolute Gasteiger partial charge is 0.459 e. The molecule has 0 aliphatic carbocycles. The Morgan fingerprint density at radius 1 is 0.578 bits per heavy atom. The van der Waals surface area contributed by atoms with Gasteiger partial charge in [0, 0.05) is 19.6 Å². The number of methoxy groups -OCH3 is 1. The molecule has 332 valence electrons. The first-order valence-electron chi connectivity index (χ1n) is 21.1. The lowest BCUT2D eigenvalue weighted by Crippen LogP contribution is -2.66. The van der Waals surface area contributed by atoms with Crippen LogP contribution in [0.2, 0.25) is 0 Å². The van der Waals surface area contributed by atoms with Crippen LogP contribution in [-0.4, -0.2) is 104 Å². The summed E-state index contributed by atoms with van der Waals surface area (Å²) in [7, 11) is 1.34. The molecule has 3 aliphatic rings. The molecule has 0 aromatic heterocycles. The molecule has 3 saturated heterocycles. The number of hydrogen-bond donors (Lipinski definition) is 0. The van der Waals surface area contributed by atoms with E-state index in [1.807, 2.05) is 67.6 Å². The summed E-state index contributed by atoms with van der Waals surface area (Å²) in [5.74, 6) is -2.56. The van der Waals surface area contributed by atoms with E-state index in [0.717, 1.165) is 11.1 Å². The minimum atomic E-state index is -1.48. The first-order valence-corrected chi connectivity index (χ1v) is 21.1. The van der Waals surface area contributed by atoms with Crippen LogP contribution in [0.25, 0.3) is 0 Å². The third-order valence-electron chi connectivity index (χ3n) is 11.5. The van der Waals surface area contributed by atoms with Gasteiger partial charge >= 0.3 is 24.0 Å². The lowest BCUT2D eigenvalue weighted by atomic mass is 9.88. The fourth-order valence-electron chi connectivity index (χ4n) is 8.11. The molecule has 0 radical (unpaired) electrons. The van der Waals surface area contributed by atoms with Gasteiger partial charge in [-0.05, 0) is 47.5 Å². The van der Waals surface area contributed by atoms with Crippen molar-refractivity contribution in [1.82, 2.24) is 4.90 Å². The summed E-state index contributed by atoms with van der Waals surface area (Å²) in [5.41, 5.74) is 2.48. The second-order valence-electron chi connectivity index (χ2n) is 15.7. The highest BCUT2D eigenvalue weighted by atomic mass is 16.8. The molecule has 5 aromatic rings. The Labute approximate surface area is 370 Å². The van der Waals surface area contributed by atoms with Crippen molar-refractivity contribution in [3.63, 3.8) is 0 Å².